The largest absolute Gasteiger partial charge is 0.381 e. The van der Waals surface area contributed by atoms with Crippen LogP contribution < -0.4 is 0 Å². The van der Waals surface area contributed by atoms with E-state index in [2.05, 4.69) is 0 Å². The van der Waals surface area contributed by atoms with Crippen LogP contribution in [0.1, 0.15) is 12.0 Å². The van der Waals surface area contributed by atoms with Crippen LogP contribution in [-0.2, 0) is 20.2 Å². The highest BCUT2D eigenvalue weighted by Gasteiger charge is 2.17. The summed E-state index contributed by atoms with van der Waals surface area (Å²) in [6.45, 7) is 1.57. The summed E-state index contributed by atoms with van der Waals surface area (Å²) in [6.07, 6.45) is 1.89. The Hall–Kier alpha value is -0.580. The van der Waals surface area contributed by atoms with Crippen LogP contribution in [0.2, 0.25) is 0 Å². The number of hydrogen-bond acceptors (Lipinski definition) is 3. The van der Waals surface area contributed by atoms with Crippen LogP contribution in [0.25, 0.3) is 0 Å². The molecule has 1 unspecified atom stereocenters. The van der Waals surface area contributed by atoms with Crippen molar-refractivity contribution in [1.29, 1.82) is 0 Å². The summed E-state index contributed by atoms with van der Waals surface area (Å²) in [5, 5.41) is 0. The predicted molar refractivity (Wildman–Crippen MR) is 62.1 cm³/mol. The van der Waals surface area contributed by atoms with E-state index >= 15 is 0 Å². The SMILES string of the molecule is O=S(=O)(Cl)c1cccc(CC2CCOC2)c1. The monoisotopic (exact) mass is 260 g/mol. The minimum absolute atomic E-state index is 0.172. The first-order valence-corrected chi connectivity index (χ1v) is 7.48. The summed E-state index contributed by atoms with van der Waals surface area (Å²) in [5.74, 6) is 0.494. The van der Waals surface area contributed by atoms with E-state index in [0.717, 1.165) is 31.6 Å². The molecule has 1 aliphatic rings. The Morgan fingerprint density at radius 1 is 1.44 bits per heavy atom. The molecular formula is C11H13ClO3S. The van der Waals surface area contributed by atoms with Crippen molar-refractivity contribution in [2.75, 3.05) is 13.2 Å². The van der Waals surface area contributed by atoms with Gasteiger partial charge in [-0.2, -0.15) is 0 Å². The van der Waals surface area contributed by atoms with Crippen LogP contribution in [0.4, 0.5) is 0 Å². The first-order valence-electron chi connectivity index (χ1n) is 5.17. The second-order valence-corrected chi connectivity index (χ2v) is 6.58. The smallest absolute Gasteiger partial charge is 0.261 e. The number of hydrogen-bond donors (Lipinski definition) is 0. The Kier molecular flexibility index (Phi) is 3.52. The molecule has 3 nitrogen and oxygen atoms in total. The van der Waals surface area contributed by atoms with Gasteiger partial charge in [-0.3, -0.25) is 0 Å². The Balaban J connectivity index is 2.16. The number of ether oxygens (including phenoxy) is 1. The van der Waals surface area contributed by atoms with E-state index in [0.29, 0.717) is 5.92 Å². The zero-order chi connectivity index (χ0) is 11.6. The zero-order valence-corrected chi connectivity index (χ0v) is 10.3. The Morgan fingerprint density at radius 2 is 2.25 bits per heavy atom. The number of rotatable bonds is 3. The van der Waals surface area contributed by atoms with Gasteiger partial charge < -0.3 is 4.74 Å². The molecule has 16 heavy (non-hydrogen) atoms. The molecule has 0 amide bonds. The van der Waals surface area contributed by atoms with Gasteiger partial charge in [-0.15, -0.1) is 0 Å². The lowest BCUT2D eigenvalue weighted by molar-refractivity contribution is 0.186. The third-order valence-electron chi connectivity index (χ3n) is 2.73. The highest BCUT2D eigenvalue weighted by atomic mass is 35.7. The van der Waals surface area contributed by atoms with Crippen molar-refractivity contribution >= 4 is 19.7 Å². The Bertz CT molecular complexity index is 464. The molecule has 0 spiro atoms. The maximum Gasteiger partial charge on any atom is 0.261 e. The molecule has 1 atom stereocenters. The average Bonchev–Trinajstić information content (AvgIpc) is 2.70. The maximum atomic E-state index is 11.2. The molecule has 5 heteroatoms. The van der Waals surface area contributed by atoms with Gasteiger partial charge in [-0.25, -0.2) is 8.42 Å². The summed E-state index contributed by atoms with van der Waals surface area (Å²) in [6, 6.07) is 6.79. The minimum atomic E-state index is -3.62. The summed E-state index contributed by atoms with van der Waals surface area (Å²) in [7, 11) is 1.68. The minimum Gasteiger partial charge on any atom is -0.381 e. The van der Waals surface area contributed by atoms with E-state index in [9.17, 15) is 8.42 Å². The van der Waals surface area contributed by atoms with E-state index in [4.69, 9.17) is 15.4 Å². The molecule has 0 aliphatic carbocycles. The first kappa shape index (κ1) is 11.9. The van der Waals surface area contributed by atoms with Crippen molar-refractivity contribution in [2.45, 2.75) is 17.7 Å². The van der Waals surface area contributed by atoms with Gasteiger partial charge in [0.05, 0.1) is 4.90 Å². The molecule has 0 aromatic heterocycles. The van der Waals surface area contributed by atoms with Crippen molar-refractivity contribution in [3.63, 3.8) is 0 Å². The zero-order valence-electron chi connectivity index (χ0n) is 8.73. The molecule has 0 radical (unpaired) electrons. The molecule has 1 heterocycles. The van der Waals surface area contributed by atoms with Crippen LogP contribution in [0.15, 0.2) is 29.2 Å². The Morgan fingerprint density at radius 3 is 2.88 bits per heavy atom. The van der Waals surface area contributed by atoms with Gasteiger partial charge in [0, 0.05) is 23.9 Å². The molecule has 1 aromatic rings. The lowest BCUT2D eigenvalue weighted by Gasteiger charge is -2.07. The second kappa shape index (κ2) is 4.73. The molecule has 1 aromatic carbocycles. The Labute approximate surface area is 99.8 Å². The van der Waals surface area contributed by atoms with Crippen molar-refractivity contribution in [1.82, 2.24) is 0 Å². The van der Waals surface area contributed by atoms with Gasteiger partial charge >= 0.3 is 0 Å². The molecular weight excluding hydrogens is 248 g/mol. The van der Waals surface area contributed by atoms with E-state index in [1.54, 1.807) is 12.1 Å². The van der Waals surface area contributed by atoms with Crippen molar-refractivity contribution in [3.8, 4) is 0 Å². The van der Waals surface area contributed by atoms with Gasteiger partial charge in [0.25, 0.3) is 9.05 Å². The molecule has 1 fully saturated rings. The topological polar surface area (TPSA) is 43.4 Å². The van der Waals surface area contributed by atoms with Crippen LogP contribution in [-0.4, -0.2) is 21.6 Å². The fourth-order valence-corrected chi connectivity index (χ4v) is 2.72. The molecule has 88 valence electrons. The first-order chi connectivity index (χ1) is 7.55. The summed E-state index contributed by atoms with van der Waals surface area (Å²) >= 11 is 0. The van der Waals surface area contributed by atoms with Crippen molar-refractivity contribution in [3.05, 3.63) is 29.8 Å². The standard InChI is InChI=1S/C11H13ClO3S/c12-16(13,14)11-3-1-2-9(7-11)6-10-4-5-15-8-10/h1-3,7,10H,4-6,8H2. The molecule has 0 N–H and O–H groups in total. The normalized spacial score (nSPS) is 21.2. The van der Waals surface area contributed by atoms with E-state index < -0.39 is 9.05 Å². The van der Waals surface area contributed by atoms with Crippen LogP contribution in [0, 0.1) is 5.92 Å². The quantitative estimate of drug-likeness (QED) is 0.783. The summed E-state index contributed by atoms with van der Waals surface area (Å²) in [4.78, 5) is 0.172. The molecule has 0 bridgehead atoms. The van der Waals surface area contributed by atoms with Gasteiger partial charge in [0.2, 0.25) is 0 Å². The van der Waals surface area contributed by atoms with Crippen LogP contribution >= 0.6 is 10.7 Å². The molecule has 0 saturated carbocycles. The van der Waals surface area contributed by atoms with E-state index in [-0.39, 0.29) is 4.90 Å². The van der Waals surface area contributed by atoms with E-state index in [1.165, 1.54) is 6.07 Å². The van der Waals surface area contributed by atoms with Crippen molar-refractivity contribution in [2.24, 2.45) is 5.92 Å². The fourth-order valence-electron chi connectivity index (χ4n) is 1.90. The average molecular weight is 261 g/mol. The summed E-state index contributed by atoms with van der Waals surface area (Å²) < 4.78 is 27.6. The third kappa shape index (κ3) is 2.97. The van der Waals surface area contributed by atoms with E-state index in [1.807, 2.05) is 6.07 Å². The molecule has 1 saturated heterocycles. The third-order valence-corrected chi connectivity index (χ3v) is 4.08. The number of benzene rings is 1. The predicted octanol–water partition coefficient (Wildman–Crippen LogP) is 2.19. The lowest BCUT2D eigenvalue weighted by atomic mass is 9.99. The second-order valence-electron chi connectivity index (χ2n) is 4.02. The van der Waals surface area contributed by atoms with Gasteiger partial charge in [-0.1, -0.05) is 12.1 Å². The highest BCUT2D eigenvalue weighted by molar-refractivity contribution is 8.13. The fraction of sp³-hybridized carbons (Fsp3) is 0.455. The van der Waals surface area contributed by atoms with Crippen LogP contribution in [0.5, 0.6) is 0 Å². The highest BCUT2D eigenvalue weighted by Crippen LogP contribution is 2.21. The lowest BCUT2D eigenvalue weighted by Crippen LogP contribution is -2.04. The van der Waals surface area contributed by atoms with Gasteiger partial charge in [0.1, 0.15) is 0 Å². The summed E-state index contributed by atoms with van der Waals surface area (Å²) in [5.41, 5.74) is 0.997. The number of halogens is 1. The van der Waals surface area contributed by atoms with Gasteiger partial charge in [0.15, 0.2) is 0 Å². The van der Waals surface area contributed by atoms with Crippen LogP contribution in [0.3, 0.4) is 0 Å². The van der Waals surface area contributed by atoms with Crippen molar-refractivity contribution < 1.29 is 13.2 Å². The maximum absolute atomic E-state index is 11.2. The molecule has 1 aliphatic heterocycles. The molecule has 2 rings (SSSR count). The van der Waals surface area contributed by atoms with Gasteiger partial charge in [-0.05, 0) is 36.5 Å².